The second-order valence-corrected chi connectivity index (χ2v) is 7.02. The molecule has 124 valence electrons. The first kappa shape index (κ1) is 16.0. The molecule has 0 bridgehead atoms. The van der Waals surface area contributed by atoms with Crippen LogP contribution in [0, 0.1) is 5.92 Å². The Morgan fingerprint density at radius 1 is 1.36 bits per heavy atom. The van der Waals surface area contributed by atoms with Crippen LogP contribution in [-0.2, 0) is 6.54 Å². The Balaban J connectivity index is 1.25. The largest absolute Gasteiger partial charge is 0.464 e. The normalized spacial score (nSPS) is 28.4. The molecule has 1 aromatic rings. The quantitative estimate of drug-likeness (QED) is 0.689. The number of furan rings is 1. The molecule has 2 fully saturated rings. The van der Waals surface area contributed by atoms with E-state index in [1.165, 1.54) is 31.4 Å². The Hall–Kier alpha value is -0.840. The summed E-state index contributed by atoms with van der Waals surface area (Å²) in [6.07, 6.45) is 6.07. The van der Waals surface area contributed by atoms with Crippen LogP contribution in [0.15, 0.2) is 16.5 Å². The molecule has 3 atom stereocenters. The maximum absolute atomic E-state index is 9.30. The molecule has 3 rings (SSSR count). The highest BCUT2D eigenvalue weighted by Gasteiger charge is 2.36. The molecule has 1 aliphatic heterocycles. The maximum Gasteiger partial charge on any atom is 0.117 e. The molecule has 0 radical (unpaired) electrons. The van der Waals surface area contributed by atoms with Crippen molar-refractivity contribution in [3.05, 3.63) is 23.7 Å². The monoisotopic (exact) mass is 306 g/mol. The summed E-state index contributed by atoms with van der Waals surface area (Å²) in [6.45, 7) is 6.76. The van der Waals surface area contributed by atoms with Crippen molar-refractivity contribution >= 4 is 0 Å². The summed E-state index contributed by atoms with van der Waals surface area (Å²) >= 11 is 0. The fourth-order valence-electron chi connectivity index (χ4n) is 3.58. The molecular weight excluding hydrogens is 276 g/mol. The van der Waals surface area contributed by atoms with E-state index in [9.17, 15) is 5.11 Å². The van der Waals surface area contributed by atoms with Gasteiger partial charge < -0.3 is 14.8 Å². The van der Waals surface area contributed by atoms with Gasteiger partial charge >= 0.3 is 0 Å². The van der Waals surface area contributed by atoms with E-state index in [0.29, 0.717) is 18.6 Å². The second-order valence-electron chi connectivity index (χ2n) is 7.02. The zero-order valence-corrected chi connectivity index (χ0v) is 13.8. The van der Waals surface area contributed by atoms with E-state index >= 15 is 0 Å². The van der Waals surface area contributed by atoms with Crippen molar-refractivity contribution in [3.8, 4) is 0 Å². The number of hydrogen-bond acceptors (Lipinski definition) is 4. The number of nitrogens with one attached hydrogen (secondary N) is 1. The SMILES string of the molecule is CC1CC1c1ccc(CNCCCCN2CCCC2CO)o1. The molecule has 0 spiro atoms. The number of unbranched alkanes of at least 4 members (excludes halogenated alkanes) is 1. The van der Waals surface area contributed by atoms with Gasteiger partial charge in [-0.25, -0.2) is 0 Å². The van der Waals surface area contributed by atoms with Gasteiger partial charge in [0.15, 0.2) is 0 Å². The van der Waals surface area contributed by atoms with Gasteiger partial charge in [-0.15, -0.1) is 0 Å². The van der Waals surface area contributed by atoms with Crippen LogP contribution in [0.3, 0.4) is 0 Å². The predicted octanol–water partition coefficient (Wildman–Crippen LogP) is 2.73. The number of likely N-dealkylation sites (tertiary alicyclic amines) is 1. The van der Waals surface area contributed by atoms with Gasteiger partial charge in [0, 0.05) is 12.0 Å². The van der Waals surface area contributed by atoms with Crippen molar-refractivity contribution < 1.29 is 9.52 Å². The van der Waals surface area contributed by atoms with Crippen molar-refractivity contribution in [2.75, 3.05) is 26.2 Å². The number of rotatable bonds is 9. The third kappa shape index (κ3) is 4.12. The minimum Gasteiger partial charge on any atom is -0.464 e. The summed E-state index contributed by atoms with van der Waals surface area (Å²) in [5.41, 5.74) is 0. The Labute approximate surface area is 133 Å². The Bertz CT molecular complexity index is 460. The highest BCUT2D eigenvalue weighted by Crippen LogP contribution is 2.47. The molecule has 1 saturated carbocycles. The molecule has 1 aliphatic carbocycles. The van der Waals surface area contributed by atoms with Crippen molar-refractivity contribution in [1.29, 1.82) is 0 Å². The summed E-state index contributed by atoms with van der Waals surface area (Å²) in [6, 6.07) is 4.68. The van der Waals surface area contributed by atoms with Crippen molar-refractivity contribution in [1.82, 2.24) is 10.2 Å². The van der Waals surface area contributed by atoms with Crippen LogP contribution in [0.4, 0.5) is 0 Å². The van der Waals surface area contributed by atoms with Crippen LogP contribution >= 0.6 is 0 Å². The molecule has 2 aliphatic rings. The highest BCUT2D eigenvalue weighted by molar-refractivity contribution is 5.17. The lowest BCUT2D eigenvalue weighted by molar-refractivity contribution is 0.157. The van der Waals surface area contributed by atoms with Crippen LogP contribution in [0.25, 0.3) is 0 Å². The second kappa shape index (κ2) is 7.62. The third-order valence-electron chi connectivity index (χ3n) is 5.22. The molecule has 0 amide bonds. The Morgan fingerprint density at radius 2 is 2.23 bits per heavy atom. The van der Waals surface area contributed by atoms with Gasteiger partial charge in [-0.05, 0) is 69.8 Å². The number of aliphatic hydroxyl groups excluding tert-OH is 1. The van der Waals surface area contributed by atoms with Gasteiger partial charge in [0.25, 0.3) is 0 Å². The first-order valence-electron chi connectivity index (χ1n) is 8.92. The van der Waals surface area contributed by atoms with E-state index < -0.39 is 0 Å². The zero-order chi connectivity index (χ0) is 15.4. The van der Waals surface area contributed by atoms with Crippen molar-refractivity contribution in [3.63, 3.8) is 0 Å². The van der Waals surface area contributed by atoms with E-state index in [-0.39, 0.29) is 0 Å². The van der Waals surface area contributed by atoms with E-state index in [4.69, 9.17) is 4.42 Å². The first-order chi connectivity index (χ1) is 10.8. The average molecular weight is 306 g/mol. The minimum absolute atomic E-state index is 0.318. The van der Waals surface area contributed by atoms with Crippen LogP contribution in [-0.4, -0.2) is 42.3 Å². The highest BCUT2D eigenvalue weighted by atomic mass is 16.3. The molecule has 2 heterocycles. The summed E-state index contributed by atoms with van der Waals surface area (Å²) in [7, 11) is 0. The summed E-state index contributed by atoms with van der Waals surface area (Å²) in [5, 5.41) is 12.8. The molecule has 3 unspecified atom stereocenters. The van der Waals surface area contributed by atoms with Crippen molar-refractivity contribution in [2.24, 2.45) is 5.92 Å². The minimum atomic E-state index is 0.318. The zero-order valence-electron chi connectivity index (χ0n) is 13.8. The standard InChI is InChI=1S/C18H30N2O2/c1-14-11-17(14)18-7-6-16(22-18)12-19-8-2-3-9-20-10-4-5-15(20)13-21/h6-7,14-15,17,19,21H,2-5,8-13H2,1H3. The van der Waals surface area contributed by atoms with Crippen LogP contribution < -0.4 is 5.32 Å². The summed E-state index contributed by atoms with van der Waals surface area (Å²) < 4.78 is 5.90. The van der Waals surface area contributed by atoms with Crippen molar-refractivity contribution in [2.45, 2.75) is 57.5 Å². The summed E-state index contributed by atoms with van der Waals surface area (Å²) in [5.74, 6) is 3.72. The molecule has 4 heteroatoms. The first-order valence-corrected chi connectivity index (χ1v) is 8.92. The van der Waals surface area contributed by atoms with E-state index in [1.54, 1.807) is 0 Å². The number of nitrogens with zero attached hydrogens (tertiary/aromatic N) is 1. The van der Waals surface area contributed by atoms with Gasteiger partial charge in [0.1, 0.15) is 11.5 Å². The lowest BCUT2D eigenvalue weighted by Gasteiger charge is -2.22. The van der Waals surface area contributed by atoms with Gasteiger partial charge in [0.2, 0.25) is 0 Å². The summed E-state index contributed by atoms with van der Waals surface area (Å²) in [4.78, 5) is 2.44. The van der Waals surface area contributed by atoms with Crippen LogP contribution in [0.2, 0.25) is 0 Å². The van der Waals surface area contributed by atoms with Gasteiger partial charge in [-0.2, -0.15) is 0 Å². The molecule has 22 heavy (non-hydrogen) atoms. The smallest absolute Gasteiger partial charge is 0.117 e. The van der Waals surface area contributed by atoms with Gasteiger partial charge in [0.05, 0.1) is 13.2 Å². The molecular formula is C18H30N2O2. The fraction of sp³-hybridized carbons (Fsp3) is 0.778. The molecule has 1 saturated heterocycles. The van der Waals surface area contributed by atoms with E-state index in [2.05, 4.69) is 29.3 Å². The van der Waals surface area contributed by atoms with Crippen LogP contribution in [0.1, 0.15) is 56.5 Å². The van der Waals surface area contributed by atoms with Crippen LogP contribution in [0.5, 0.6) is 0 Å². The van der Waals surface area contributed by atoms with Gasteiger partial charge in [-0.1, -0.05) is 6.92 Å². The number of aliphatic hydroxyl groups is 1. The Kier molecular flexibility index (Phi) is 5.55. The molecule has 2 N–H and O–H groups in total. The van der Waals surface area contributed by atoms with Gasteiger partial charge in [-0.3, -0.25) is 4.90 Å². The van der Waals surface area contributed by atoms with E-state index in [1.807, 2.05) is 0 Å². The number of hydrogen-bond donors (Lipinski definition) is 2. The molecule has 4 nitrogen and oxygen atoms in total. The third-order valence-corrected chi connectivity index (χ3v) is 5.22. The lowest BCUT2D eigenvalue weighted by Crippen LogP contribution is -2.33. The molecule has 1 aromatic heterocycles. The lowest BCUT2D eigenvalue weighted by atomic mass is 10.2. The maximum atomic E-state index is 9.30. The molecule has 0 aromatic carbocycles. The fourth-order valence-corrected chi connectivity index (χ4v) is 3.58. The average Bonchev–Trinajstić information content (AvgIpc) is 2.96. The predicted molar refractivity (Wildman–Crippen MR) is 87.9 cm³/mol. The van der Waals surface area contributed by atoms with E-state index in [0.717, 1.165) is 44.3 Å². The Morgan fingerprint density at radius 3 is 3.00 bits per heavy atom. The topological polar surface area (TPSA) is 48.6 Å².